The topological polar surface area (TPSA) is 123 Å². The highest BCUT2D eigenvalue weighted by Crippen LogP contribution is 2.65. The fourth-order valence-corrected chi connectivity index (χ4v) is 6.23. The van der Waals surface area contributed by atoms with Crippen LogP contribution in [0, 0.1) is 0 Å². The number of likely N-dealkylation sites (N-methyl/N-ethyl adjacent to an activating group) is 1. The lowest BCUT2D eigenvalue weighted by atomic mass is 9.50. The fourth-order valence-electron chi connectivity index (χ4n) is 6.23. The van der Waals surface area contributed by atoms with Crippen molar-refractivity contribution in [1.29, 1.82) is 0 Å². The highest BCUT2D eigenvalue weighted by atomic mass is 16.6. The number of esters is 2. The standard InChI is InChI=1S/C24H27NO8/c1-12(26)17(31-13(2)27)11-19(29)32-16-6-7-24(30)18-10-14-4-5-15(28)21-20(14)23(24,22(16)33-21)8-9-25(18)3/h4-6,17-18,22,28,30H,7-11H2,1-3H3/t17-,18+,22?,23?,24+/m0/s1. The van der Waals surface area contributed by atoms with Crippen molar-refractivity contribution in [3.8, 4) is 11.5 Å². The van der Waals surface area contributed by atoms with E-state index in [1.165, 1.54) is 6.92 Å². The van der Waals surface area contributed by atoms with E-state index >= 15 is 0 Å². The van der Waals surface area contributed by atoms with Crippen LogP contribution in [0.2, 0.25) is 0 Å². The van der Waals surface area contributed by atoms with Crippen LogP contribution in [-0.2, 0) is 35.7 Å². The van der Waals surface area contributed by atoms with E-state index in [1.54, 1.807) is 12.1 Å². The molecule has 2 bridgehead atoms. The zero-order chi connectivity index (χ0) is 23.7. The largest absolute Gasteiger partial charge is 0.504 e. The SMILES string of the molecule is CC(=O)O[C@@H](CC(=O)OC1=CC[C@@]2(O)[C@H]3Cc4ccc(O)c5c4C2(CCN3C)C1O5)C(C)=O. The molecule has 4 aliphatic rings. The molecule has 2 N–H and O–H groups in total. The summed E-state index contributed by atoms with van der Waals surface area (Å²) in [5.41, 5.74) is -0.230. The van der Waals surface area contributed by atoms with Crippen molar-refractivity contribution in [1.82, 2.24) is 4.90 Å². The Morgan fingerprint density at radius 1 is 1.30 bits per heavy atom. The third kappa shape index (κ3) is 2.95. The molecule has 1 saturated heterocycles. The quantitative estimate of drug-likeness (QED) is 0.626. The number of nitrogens with zero attached hydrogens (tertiary/aromatic N) is 1. The van der Waals surface area contributed by atoms with Gasteiger partial charge in [0.2, 0.25) is 0 Å². The van der Waals surface area contributed by atoms with E-state index in [0.29, 0.717) is 25.1 Å². The zero-order valence-corrected chi connectivity index (χ0v) is 18.8. The average Bonchev–Trinajstić information content (AvgIpc) is 3.09. The van der Waals surface area contributed by atoms with E-state index in [1.807, 2.05) is 13.1 Å². The molecule has 2 aliphatic carbocycles. The molecule has 176 valence electrons. The number of benzene rings is 1. The number of phenols is 1. The van der Waals surface area contributed by atoms with Gasteiger partial charge in [-0.1, -0.05) is 6.07 Å². The van der Waals surface area contributed by atoms with Gasteiger partial charge in [-0.25, -0.2) is 0 Å². The van der Waals surface area contributed by atoms with E-state index in [9.17, 15) is 24.6 Å². The Kier molecular flexibility index (Phi) is 4.84. The molecule has 9 nitrogen and oxygen atoms in total. The summed E-state index contributed by atoms with van der Waals surface area (Å²) in [6.07, 6.45) is 0.638. The van der Waals surface area contributed by atoms with Crippen LogP contribution in [0.15, 0.2) is 24.0 Å². The lowest BCUT2D eigenvalue weighted by Crippen LogP contribution is -2.74. The number of hydrogen-bond acceptors (Lipinski definition) is 9. The van der Waals surface area contributed by atoms with Crippen LogP contribution in [0.1, 0.15) is 44.2 Å². The highest BCUT2D eigenvalue weighted by molar-refractivity contribution is 5.87. The van der Waals surface area contributed by atoms with Gasteiger partial charge in [-0.2, -0.15) is 0 Å². The lowest BCUT2D eigenvalue weighted by molar-refractivity contribution is -0.171. The molecule has 0 saturated carbocycles. The van der Waals surface area contributed by atoms with E-state index in [-0.39, 0.29) is 24.0 Å². The summed E-state index contributed by atoms with van der Waals surface area (Å²) in [5.74, 6) is -1.33. The van der Waals surface area contributed by atoms with Gasteiger partial charge in [0.1, 0.15) is 5.76 Å². The molecular weight excluding hydrogens is 430 g/mol. The van der Waals surface area contributed by atoms with Crippen molar-refractivity contribution in [2.45, 2.75) is 68.8 Å². The first-order valence-electron chi connectivity index (χ1n) is 11.1. The number of hydrogen-bond donors (Lipinski definition) is 2. The molecule has 5 rings (SSSR count). The van der Waals surface area contributed by atoms with Gasteiger partial charge in [-0.05, 0) is 51.1 Å². The molecule has 2 aliphatic heterocycles. The number of Topliss-reactive ketones (excluding diaryl/α,β-unsaturated/α-hetero) is 1. The molecular formula is C24H27NO8. The Morgan fingerprint density at radius 2 is 2.06 bits per heavy atom. The Morgan fingerprint density at radius 3 is 2.76 bits per heavy atom. The van der Waals surface area contributed by atoms with Gasteiger partial charge < -0.3 is 29.3 Å². The van der Waals surface area contributed by atoms with Crippen molar-refractivity contribution < 1.29 is 38.8 Å². The van der Waals surface area contributed by atoms with E-state index in [0.717, 1.165) is 18.1 Å². The number of aliphatic hydroxyl groups is 1. The average molecular weight is 457 g/mol. The van der Waals surface area contributed by atoms with E-state index < -0.39 is 47.4 Å². The molecule has 9 heteroatoms. The molecule has 33 heavy (non-hydrogen) atoms. The lowest BCUT2D eigenvalue weighted by Gasteiger charge is -2.61. The van der Waals surface area contributed by atoms with Crippen LogP contribution in [0.4, 0.5) is 0 Å². The monoisotopic (exact) mass is 457 g/mol. The van der Waals surface area contributed by atoms with Gasteiger partial charge in [0.25, 0.3) is 0 Å². The Labute approximate surface area is 190 Å². The van der Waals surface area contributed by atoms with E-state index in [2.05, 4.69) is 4.90 Å². The maximum atomic E-state index is 12.7. The highest BCUT2D eigenvalue weighted by Gasteiger charge is 2.72. The van der Waals surface area contributed by atoms with Crippen LogP contribution < -0.4 is 4.74 Å². The predicted molar refractivity (Wildman–Crippen MR) is 114 cm³/mol. The van der Waals surface area contributed by atoms with Crippen molar-refractivity contribution in [2.75, 3.05) is 13.6 Å². The second-order valence-corrected chi connectivity index (χ2v) is 9.49. The second kappa shape index (κ2) is 7.30. The van der Waals surface area contributed by atoms with Crippen molar-refractivity contribution in [2.24, 2.45) is 0 Å². The Bertz CT molecular complexity index is 1100. The minimum absolute atomic E-state index is 0.0190. The Hall–Kier alpha value is -2.91. The van der Waals surface area contributed by atoms with Crippen LogP contribution in [0.3, 0.4) is 0 Å². The number of piperidine rings is 1. The van der Waals surface area contributed by atoms with Gasteiger partial charge in [0.05, 0.1) is 17.4 Å². The Balaban J connectivity index is 1.51. The maximum absolute atomic E-state index is 12.7. The molecule has 0 radical (unpaired) electrons. The smallest absolute Gasteiger partial charge is 0.315 e. The van der Waals surface area contributed by atoms with Crippen molar-refractivity contribution in [3.05, 3.63) is 35.1 Å². The number of likely N-dealkylation sites (tertiary alicyclic amines) is 1. The fraction of sp³-hybridized carbons (Fsp3) is 0.542. The molecule has 1 fully saturated rings. The summed E-state index contributed by atoms with van der Waals surface area (Å²) in [6.45, 7) is 3.11. The second-order valence-electron chi connectivity index (χ2n) is 9.49. The maximum Gasteiger partial charge on any atom is 0.315 e. The molecule has 1 aromatic carbocycles. The number of aromatic hydroxyl groups is 1. The number of ketones is 1. The van der Waals surface area contributed by atoms with Gasteiger partial charge >= 0.3 is 11.9 Å². The molecule has 1 spiro atoms. The molecule has 0 aromatic heterocycles. The molecule has 5 atom stereocenters. The first kappa shape index (κ1) is 21.9. The summed E-state index contributed by atoms with van der Waals surface area (Å²) in [7, 11) is 1.99. The first-order chi connectivity index (χ1) is 15.6. The molecule has 0 amide bonds. The summed E-state index contributed by atoms with van der Waals surface area (Å²) in [6, 6.07) is 3.31. The van der Waals surface area contributed by atoms with Crippen LogP contribution in [0.25, 0.3) is 0 Å². The first-order valence-corrected chi connectivity index (χ1v) is 11.1. The minimum Gasteiger partial charge on any atom is -0.504 e. The van der Waals surface area contributed by atoms with Crippen molar-refractivity contribution >= 4 is 17.7 Å². The number of carbonyl (C=O) groups is 3. The number of ether oxygens (including phenoxy) is 3. The van der Waals surface area contributed by atoms with Gasteiger partial charge in [0, 0.05) is 24.9 Å². The third-order valence-electron chi connectivity index (χ3n) is 7.70. The summed E-state index contributed by atoms with van der Waals surface area (Å²) >= 11 is 0. The van der Waals surface area contributed by atoms with Crippen LogP contribution in [-0.4, -0.2) is 70.3 Å². The molecule has 1 aromatic rings. The number of carbonyl (C=O) groups excluding carboxylic acids is 3. The number of phenolic OH excluding ortho intramolecular Hbond substituents is 1. The molecule has 2 heterocycles. The zero-order valence-electron chi connectivity index (χ0n) is 18.8. The van der Waals surface area contributed by atoms with Crippen molar-refractivity contribution in [3.63, 3.8) is 0 Å². The predicted octanol–water partition coefficient (Wildman–Crippen LogP) is 1.12. The van der Waals surface area contributed by atoms with Gasteiger partial charge in [-0.3, -0.25) is 14.4 Å². The minimum atomic E-state index is -1.23. The summed E-state index contributed by atoms with van der Waals surface area (Å²) in [5, 5.41) is 22.6. The summed E-state index contributed by atoms with van der Waals surface area (Å²) in [4.78, 5) is 37.9. The van der Waals surface area contributed by atoms with Crippen LogP contribution in [0.5, 0.6) is 11.5 Å². The van der Waals surface area contributed by atoms with Gasteiger partial charge in [0.15, 0.2) is 29.5 Å². The van der Waals surface area contributed by atoms with Crippen LogP contribution >= 0.6 is 0 Å². The van der Waals surface area contributed by atoms with Gasteiger partial charge in [-0.15, -0.1) is 0 Å². The normalized spacial score (nSPS) is 32.2. The molecule has 2 unspecified atom stereocenters. The van der Waals surface area contributed by atoms with E-state index in [4.69, 9.17) is 14.2 Å². The number of rotatable bonds is 5. The summed E-state index contributed by atoms with van der Waals surface area (Å²) < 4.78 is 16.8. The third-order valence-corrected chi connectivity index (χ3v) is 7.70.